The molecule has 3 heterocycles. The van der Waals surface area contributed by atoms with Crippen molar-refractivity contribution in [1.29, 1.82) is 5.26 Å². The summed E-state index contributed by atoms with van der Waals surface area (Å²) < 4.78 is 24.2. The first-order valence-corrected chi connectivity index (χ1v) is 19.6. The molecular formula is C44H49ClN4O7. The van der Waals surface area contributed by atoms with Crippen LogP contribution in [0.4, 0.5) is 0 Å². The van der Waals surface area contributed by atoms with E-state index in [1.54, 1.807) is 18.3 Å². The van der Waals surface area contributed by atoms with Gasteiger partial charge in [-0.3, -0.25) is 24.4 Å². The fourth-order valence-electron chi connectivity index (χ4n) is 7.60. The molecule has 0 bridgehead atoms. The van der Waals surface area contributed by atoms with Crippen molar-refractivity contribution in [3.63, 3.8) is 0 Å². The van der Waals surface area contributed by atoms with E-state index in [0.717, 1.165) is 96.6 Å². The van der Waals surface area contributed by atoms with Crippen LogP contribution >= 0.6 is 11.6 Å². The van der Waals surface area contributed by atoms with Gasteiger partial charge in [0, 0.05) is 55.8 Å². The molecule has 1 N–H and O–H groups in total. The van der Waals surface area contributed by atoms with Crippen LogP contribution in [-0.4, -0.2) is 77.8 Å². The fourth-order valence-corrected chi connectivity index (χ4v) is 7.84. The summed E-state index contributed by atoms with van der Waals surface area (Å²) in [6.45, 7) is 10.1. The number of hydrogen-bond acceptors (Lipinski definition) is 10. The van der Waals surface area contributed by atoms with Crippen LogP contribution < -0.4 is 14.2 Å². The van der Waals surface area contributed by atoms with Crippen LogP contribution in [0.25, 0.3) is 11.1 Å². The van der Waals surface area contributed by atoms with Crippen molar-refractivity contribution in [3.8, 4) is 34.4 Å². The molecule has 294 valence electrons. The standard InChI is InChI=1S/C44H49ClN4O7/c1-30-35(8-3-11-38(30)39-12-4-13-41(31(39)2)53-17-7-16-48-14-6-10-37(26-48)56-29-50)28-55-43-20-42(54-27-33-18-32(21-46)22-47-23-33)36(19-40(43)45)25-49-15-5-9-34(24-49)44(51)52/h3-4,8,11-13,18-20,22-23,29,34,37H,5-7,9-10,14-17,24-28H2,1-2H3,(H,51,52)/t34-,37-/m0/s1. The number of carboxylic acids is 1. The van der Waals surface area contributed by atoms with Crippen LogP contribution in [0.1, 0.15) is 65.5 Å². The number of carboxylic acid groups (broad SMARTS) is 1. The number of halogens is 1. The average molecular weight is 781 g/mol. The first kappa shape index (κ1) is 40.5. The predicted octanol–water partition coefficient (Wildman–Crippen LogP) is 7.75. The molecule has 11 nitrogen and oxygen atoms in total. The number of aromatic nitrogens is 1. The van der Waals surface area contributed by atoms with Gasteiger partial charge in [-0.2, -0.15) is 5.26 Å². The Labute approximate surface area is 333 Å². The topological polar surface area (TPSA) is 134 Å². The lowest BCUT2D eigenvalue weighted by Gasteiger charge is -2.31. The van der Waals surface area contributed by atoms with Crippen LogP contribution in [0, 0.1) is 31.1 Å². The maximum absolute atomic E-state index is 11.8. The molecule has 56 heavy (non-hydrogen) atoms. The molecule has 0 amide bonds. The molecule has 2 saturated heterocycles. The molecule has 6 rings (SSSR count). The first-order valence-electron chi connectivity index (χ1n) is 19.2. The molecule has 0 aliphatic carbocycles. The summed E-state index contributed by atoms with van der Waals surface area (Å²) in [4.78, 5) is 31.1. The number of aliphatic carboxylic acids is 1. The molecule has 2 aliphatic heterocycles. The van der Waals surface area contributed by atoms with Crippen molar-refractivity contribution >= 4 is 24.0 Å². The predicted molar refractivity (Wildman–Crippen MR) is 213 cm³/mol. The van der Waals surface area contributed by atoms with Gasteiger partial charge in [-0.15, -0.1) is 0 Å². The maximum Gasteiger partial charge on any atom is 0.307 e. The Kier molecular flexibility index (Phi) is 14.2. The highest BCUT2D eigenvalue weighted by Crippen LogP contribution is 2.37. The highest BCUT2D eigenvalue weighted by molar-refractivity contribution is 6.32. The molecule has 4 aromatic rings. The number of carbonyl (C=O) groups is 2. The molecule has 2 atom stereocenters. The lowest BCUT2D eigenvalue weighted by Crippen LogP contribution is -2.40. The van der Waals surface area contributed by atoms with Crippen LogP contribution in [0.3, 0.4) is 0 Å². The Bertz CT molecular complexity index is 2040. The van der Waals surface area contributed by atoms with Gasteiger partial charge in [0.2, 0.25) is 0 Å². The smallest absolute Gasteiger partial charge is 0.307 e. The summed E-state index contributed by atoms with van der Waals surface area (Å²) in [7, 11) is 0. The van der Waals surface area contributed by atoms with Crippen LogP contribution in [0.5, 0.6) is 17.2 Å². The molecule has 2 aliphatic rings. The van der Waals surface area contributed by atoms with Crippen LogP contribution in [0.15, 0.2) is 67.0 Å². The van der Waals surface area contributed by atoms with E-state index in [9.17, 15) is 20.0 Å². The number of ether oxygens (including phenoxy) is 4. The maximum atomic E-state index is 11.8. The van der Waals surface area contributed by atoms with Crippen molar-refractivity contribution < 1.29 is 33.6 Å². The van der Waals surface area contributed by atoms with Gasteiger partial charge in [-0.05, 0) is 105 Å². The van der Waals surface area contributed by atoms with Gasteiger partial charge in [-0.25, -0.2) is 0 Å². The van der Waals surface area contributed by atoms with Gasteiger partial charge in [0.25, 0.3) is 6.47 Å². The summed E-state index contributed by atoms with van der Waals surface area (Å²) >= 11 is 6.87. The fraction of sp³-hybridized carbons (Fsp3) is 0.409. The zero-order chi connectivity index (χ0) is 39.4. The van der Waals surface area contributed by atoms with E-state index < -0.39 is 11.9 Å². The first-order chi connectivity index (χ1) is 27.2. The van der Waals surface area contributed by atoms with Crippen LogP contribution in [-0.2, 0) is 34.1 Å². The minimum atomic E-state index is -0.782. The van der Waals surface area contributed by atoms with E-state index in [-0.39, 0.29) is 19.3 Å². The summed E-state index contributed by atoms with van der Waals surface area (Å²) in [6, 6.07) is 19.8. The number of carbonyl (C=O) groups excluding carboxylic acids is 1. The van der Waals surface area contributed by atoms with E-state index in [1.807, 2.05) is 30.3 Å². The Balaban J connectivity index is 1.14. The van der Waals surface area contributed by atoms with Gasteiger partial charge in [0.1, 0.15) is 42.6 Å². The summed E-state index contributed by atoms with van der Waals surface area (Å²) in [5.41, 5.74) is 7.32. The highest BCUT2D eigenvalue weighted by Gasteiger charge is 2.27. The van der Waals surface area contributed by atoms with E-state index in [4.69, 9.17) is 30.5 Å². The molecule has 0 radical (unpaired) electrons. The lowest BCUT2D eigenvalue weighted by atomic mass is 9.93. The molecule has 2 fully saturated rings. The van der Waals surface area contributed by atoms with E-state index in [0.29, 0.717) is 54.7 Å². The average Bonchev–Trinajstić information content (AvgIpc) is 3.20. The second-order valence-corrected chi connectivity index (χ2v) is 15.0. The third-order valence-corrected chi connectivity index (χ3v) is 11.0. The normalized spacial score (nSPS) is 17.5. The number of likely N-dealkylation sites (tertiary alicyclic amines) is 2. The second kappa shape index (κ2) is 19.6. The van der Waals surface area contributed by atoms with Crippen molar-refractivity contribution in [1.82, 2.24) is 14.8 Å². The van der Waals surface area contributed by atoms with E-state index in [1.165, 1.54) is 6.20 Å². The molecule has 0 unspecified atom stereocenters. The third-order valence-electron chi connectivity index (χ3n) is 10.7. The molecule has 0 spiro atoms. The number of rotatable bonds is 17. The zero-order valence-corrected chi connectivity index (χ0v) is 32.8. The minimum absolute atomic E-state index is 0.0241. The van der Waals surface area contributed by atoms with Crippen molar-refractivity contribution in [3.05, 3.63) is 105 Å². The third kappa shape index (κ3) is 10.6. The number of benzene rings is 3. The SMILES string of the molecule is Cc1c(COc2cc(OCc3cncc(C#N)c3)c(CN3CCC[C@H](C(=O)O)C3)cc2Cl)cccc1-c1cccc(OCCCN2CCC[C@H](OC=O)C2)c1C. The molecule has 12 heteroatoms. The highest BCUT2D eigenvalue weighted by atomic mass is 35.5. The van der Waals surface area contributed by atoms with Crippen LogP contribution in [0.2, 0.25) is 5.02 Å². The Morgan fingerprint density at radius 2 is 1.68 bits per heavy atom. The number of nitriles is 1. The van der Waals surface area contributed by atoms with Gasteiger partial charge >= 0.3 is 5.97 Å². The number of piperidine rings is 2. The number of nitrogens with zero attached hydrogens (tertiary/aromatic N) is 4. The van der Waals surface area contributed by atoms with E-state index in [2.05, 4.69) is 46.8 Å². The van der Waals surface area contributed by atoms with Crippen molar-refractivity contribution in [2.75, 3.05) is 39.3 Å². The Morgan fingerprint density at radius 1 is 0.911 bits per heavy atom. The molecule has 3 aromatic carbocycles. The summed E-state index contributed by atoms with van der Waals surface area (Å²) in [5, 5.41) is 19.4. The van der Waals surface area contributed by atoms with Gasteiger partial charge < -0.3 is 24.1 Å². The van der Waals surface area contributed by atoms with Crippen molar-refractivity contribution in [2.24, 2.45) is 5.92 Å². The molecular weight excluding hydrogens is 732 g/mol. The lowest BCUT2D eigenvalue weighted by molar-refractivity contribution is -0.143. The number of pyridine rings is 1. The van der Waals surface area contributed by atoms with Crippen molar-refractivity contribution in [2.45, 2.75) is 71.8 Å². The zero-order valence-electron chi connectivity index (χ0n) is 32.0. The molecule has 1 aromatic heterocycles. The monoisotopic (exact) mass is 780 g/mol. The number of hydrogen-bond donors (Lipinski definition) is 1. The van der Waals surface area contributed by atoms with E-state index >= 15 is 0 Å². The summed E-state index contributed by atoms with van der Waals surface area (Å²) in [5.74, 6) is 0.676. The molecule has 0 saturated carbocycles. The Morgan fingerprint density at radius 3 is 2.48 bits per heavy atom. The minimum Gasteiger partial charge on any atom is -0.493 e. The Hall–Kier alpha value is -5.15. The van der Waals surface area contributed by atoms with Gasteiger partial charge in [0.15, 0.2) is 0 Å². The second-order valence-electron chi connectivity index (χ2n) is 14.6. The largest absolute Gasteiger partial charge is 0.493 e. The quantitative estimate of drug-likeness (QED) is 0.0833. The van der Waals surface area contributed by atoms with Gasteiger partial charge in [0.05, 0.1) is 23.1 Å². The summed E-state index contributed by atoms with van der Waals surface area (Å²) in [6.07, 6.45) is 7.40. The van der Waals surface area contributed by atoms with Gasteiger partial charge in [-0.1, -0.05) is 41.9 Å².